The van der Waals surface area contributed by atoms with Crippen molar-refractivity contribution in [2.75, 3.05) is 74.8 Å². The molecule has 5 atom stereocenters. The highest BCUT2D eigenvalue weighted by Crippen LogP contribution is 2.33. The number of rotatable bonds is 9. The Morgan fingerprint density at radius 3 is 2.13 bits per heavy atom. The Hall–Kier alpha value is -7.81. The van der Waals surface area contributed by atoms with Crippen molar-refractivity contribution in [3.63, 3.8) is 0 Å². The Morgan fingerprint density at radius 1 is 0.768 bits per heavy atom. The molecule has 6 amide bonds. The summed E-state index contributed by atoms with van der Waals surface area (Å²) in [6, 6.07) is 15.6. The van der Waals surface area contributed by atoms with E-state index < -0.39 is 120 Å². The molecule has 21 nitrogen and oxygen atoms in total. The smallest absolute Gasteiger partial charge is 0.330 e. The van der Waals surface area contributed by atoms with Crippen molar-refractivity contribution in [2.24, 2.45) is 11.3 Å². The number of methoxy groups -OCH3 is 2. The molecular formula is C61H82N6O15. The SMILES string of the molecule is COc1ccc(CC[C@H]2OC(=O)[C@@H]3CCCCN3C(=O)C(=O)C(C)(C)COC(=O)/C=C\CCN(C)C(=O)[C@H](C(C)C)NC(=O)[C@H](COC(C)(C)C)N(C)C(=O)C(c3ccccc3)NC(=O)CN(C)C(=O)COc3cccc2c3)cc1OC. The number of piperidine rings is 1. The molecule has 5 rings (SSSR count). The van der Waals surface area contributed by atoms with Crippen LogP contribution in [0.2, 0.25) is 0 Å². The molecule has 21 heteroatoms. The highest BCUT2D eigenvalue weighted by Gasteiger charge is 2.43. The van der Waals surface area contributed by atoms with Gasteiger partial charge >= 0.3 is 11.9 Å². The number of esters is 2. The van der Waals surface area contributed by atoms with Crippen LogP contribution in [0.3, 0.4) is 0 Å². The third-order valence-electron chi connectivity index (χ3n) is 14.2. The number of carbonyl (C=O) groups excluding carboxylic acids is 9. The minimum Gasteiger partial charge on any atom is -0.493 e. The molecule has 1 saturated heterocycles. The van der Waals surface area contributed by atoms with Crippen LogP contribution in [0.1, 0.15) is 109 Å². The van der Waals surface area contributed by atoms with E-state index in [4.69, 9.17) is 28.4 Å². The molecule has 0 saturated carbocycles. The monoisotopic (exact) mass is 1140 g/mol. The van der Waals surface area contributed by atoms with Gasteiger partial charge in [-0.15, -0.1) is 0 Å². The Balaban J connectivity index is 1.48. The maximum absolute atomic E-state index is 14.7. The number of nitrogens with zero attached hydrogens (tertiary/aromatic N) is 4. The fraction of sp³-hybridized carbons (Fsp3) is 0.525. The van der Waals surface area contributed by atoms with Gasteiger partial charge in [0.05, 0.1) is 38.4 Å². The van der Waals surface area contributed by atoms with Crippen LogP contribution in [0.4, 0.5) is 0 Å². The molecule has 2 N–H and O–H groups in total. The highest BCUT2D eigenvalue weighted by molar-refractivity contribution is 6.38. The standard InChI is InChI=1S/C61H82N6O15/c1-39(2)52-56(73)64(8)31-18-17-26-51(70)80-38-61(6,7)54(71)58(75)67-32-19-16-25-44(67)59(76)82-46(29-27-40-28-30-47(77-11)48(33-40)78-12)42-23-20-24-43(34-42)79-37-50(69)65(9)35-49(68)62-53(41-21-14-13-15-22-41)57(74)66(10)45(55(72)63-52)36-81-60(3,4)5/h13-15,17,20-24,26,28,30,33-34,39,44-46,52-53H,16,18-19,25,27,29,31-32,35-38H2,1-12H3,(H,62,68)(H,63,72)/b26-17-/t44-,45-,46+,52-,53?/m0/s1. The molecule has 1 unspecified atom stereocenters. The van der Waals surface area contributed by atoms with Gasteiger partial charge in [-0.2, -0.15) is 0 Å². The number of ether oxygens (including phenoxy) is 6. The van der Waals surface area contributed by atoms with E-state index in [0.717, 1.165) is 16.5 Å². The van der Waals surface area contributed by atoms with E-state index in [1.54, 1.807) is 102 Å². The molecule has 0 aliphatic carbocycles. The number of amides is 6. The molecule has 1 fully saturated rings. The first-order chi connectivity index (χ1) is 38.7. The molecule has 3 aromatic rings. The van der Waals surface area contributed by atoms with Crippen molar-refractivity contribution in [1.29, 1.82) is 0 Å². The zero-order valence-corrected chi connectivity index (χ0v) is 49.4. The summed E-state index contributed by atoms with van der Waals surface area (Å²) in [4.78, 5) is 131. The third-order valence-corrected chi connectivity index (χ3v) is 14.2. The zero-order chi connectivity index (χ0) is 60.5. The predicted molar refractivity (Wildman–Crippen MR) is 303 cm³/mol. The number of ketones is 1. The van der Waals surface area contributed by atoms with Gasteiger partial charge in [0.15, 0.2) is 18.1 Å². The lowest BCUT2D eigenvalue weighted by molar-refractivity contribution is -0.165. The van der Waals surface area contributed by atoms with E-state index in [-0.39, 0.29) is 44.7 Å². The number of aryl methyl sites for hydroxylation is 1. The molecule has 0 radical (unpaired) electrons. The maximum atomic E-state index is 14.7. The van der Waals surface area contributed by atoms with E-state index in [0.29, 0.717) is 41.9 Å². The third kappa shape index (κ3) is 18.4. The molecule has 2 heterocycles. The van der Waals surface area contributed by atoms with Crippen molar-refractivity contribution in [1.82, 2.24) is 30.2 Å². The second kappa shape index (κ2) is 29.8. The van der Waals surface area contributed by atoms with E-state index in [1.807, 2.05) is 12.1 Å². The number of benzene rings is 3. The Bertz CT molecular complexity index is 2780. The molecular weight excluding hydrogens is 1060 g/mol. The van der Waals surface area contributed by atoms with Crippen LogP contribution in [0, 0.1) is 11.3 Å². The Labute approximate surface area is 481 Å². The summed E-state index contributed by atoms with van der Waals surface area (Å²) in [5.41, 5.74) is -0.536. The van der Waals surface area contributed by atoms with Gasteiger partial charge in [-0.05, 0) is 120 Å². The lowest BCUT2D eigenvalue weighted by Crippen LogP contribution is -2.58. The minimum absolute atomic E-state index is 0.101. The van der Waals surface area contributed by atoms with Crippen molar-refractivity contribution in [3.8, 4) is 17.2 Å². The zero-order valence-electron chi connectivity index (χ0n) is 49.4. The summed E-state index contributed by atoms with van der Waals surface area (Å²) >= 11 is 0. The summed E-state index contributed by atoms with van der Waals surface area (Å²) in [6.07, 6.45) is 3.85. The molecule has 446 valence electrons. The first kappa shape index (κ1) is 65.0. The lowest BCUT2D eigenvalue weighted by Gasteiger charge is -2.36. The molecule has 82 heavy (non-hydrogen) atoms. The van der Waals surface area contributed by atoms with Crippen LogP contribution >= 0.6 is 0 Å². The summed E-state index contributed by atoms with van der Waals surface area (Å²) < 4.78 is 34.8. The minimum atomic E-state index is -1.50. The first-order valence-corrected chi connectivity index (χ1v) is 27.6. The number of hydrogen-bond donors (Lipinski definition) is 2. The van der Waals surface area contributed by atoms with E-state index in [9.17, 15) is 43.2 Å². The quantitative estimate of drug-likeness (QED) is 0.203. The Morgan fingerprint density at radius 2 is 1.46 bits per heavy atom. The largest absolute Gasteiger partial charge is 0.493 e. The average Bonchev–Trinajstić information content (AvgIpc) is 3.65. The van der Waals surface area contributed by atoms with Gasteiger partial charge in [0.1, 0.15) is 42.6 Å². The van der Waals surface area contributed by atoms with Crippen LogP contribution in [-0.4, -0.2) is 171 Å². The van der Waals surface area contributed by atoms with E-state index in [2.05, 4.69) is 10.6 Å². The van der Waals surface area contributed by atoms with Gasteiger partial charge in [-0.3, -0.25) is 33.6 Å². The fourth-order valence-corrected chi connectivity index (χ4v) is 9.16. The van der Waals surface area contributed by atoms with Gasteiger partial charge in [0, 0.05) is 40.3 Å². The van der Waals surface area contributed by atoms with Crippen LogP contribution in [0.25, 0.3) is 0 Å². The molecule has 3 aromatic carbocycles. The van der Waals surface area contributed by atoms with Crippen LogP contribution in [-0.2, 0) is 63.8 Å². The number of likely N-dealkylation sites (N-methyl/N-ethyl adjacent to an activating group) is 3. The van der Waals surface area contributed by atoms with Crippen LogP contribution in [0.15, 0.2) is 84.9 Å². The van der Waals surface area contributed by atoms with Gasteiger partial charge in [-0.1, -0.05) is 68.5 Å². The Kier molecular flexibility index (Phi) is 23.6. The van der Waals surface area contributed by atoms with Gasteiger partial charge in [0.2, 0.25) is 29.4 Å². The molecule has 2 aliphatic heterocycles. The molecule has 0 aromatic heterocycles. The summed E-state index contributed by atoms with van der Waals surface area (Å²) in [6.45, 7) is 10.3. The number of nitrogens with one attached hydrogen (secondary N) is 2. The maximum Gasteiger partial charge on any atom is 0.330 e. The summed E-state index contributed by atoms with van der Waals surface area (Å²) in [5, 5.41) is 5.60. The summed E-state index contributed by atoms with van der Waals surface area (Å²) in [7, 11) is 7.40. The predicted octanol–water partition coefficient (Wildman–Crippen LogP) is 5.34. The van der Waals surface area contributed by atoms with Crippen molar-refractivity contribution in [2.45, 2.75) is 123 Å². The van der Waals surface area contributed by atoms with E-state index >= 15 is 0 Å². The van der Waals surface area contributed by atoms with Gasteiger partial charge in [-0.25, -0.2) is 9.59 Å². The number of fused-ring (bicyclic) bond motifs is 3. The highest BCUT2D eigenvalue weighted by atomic mass is 16.5. The van der Waals surface area contributed by atoms with Crippen LogP contribution in [0.5, 0.6) is 17.2 Å². The first-order valence-electron chi connectivity index (χ1n) is 27.6. The number of hydrogen-bond acceptors (Lipinski definition) is 15. The van der Waals surface area contributed by atoms with Gasteiger partial charge < -0.3 is 58.7 Å². The molecule has 2 aliphatic rings. The topological polar surface area (TPSA) is 246 Å². The van der Waals surface area contributed by atoms with E-state index in [1.165, 1.54) is 62.9 Å². The normalized spacial score (nSPS) is 22.7. The number of Topliss-reactive ketones (excluding diaryl/α,β-unsaturated/α-hetero) is 1. The number of carbonyl (C=O) groups is 9. The molecule has 0 spiro atoms. The fourth-order valence-electron chi connectivity index (χ4n) is 9.16. The summed E-state index contributed by atoms with van der Waals surface area (Å²) in [5.74, 6) is -5.63. The average molecular weight is 1140 g/mol. The van der Waals surface area contributed by atoms with Crippen LogP contribution < -0.4 is 24.8 Å². The number of cyclic esters (lactones) is 2. The van der Waals surface area contributed by atoms with Crippen molar-refractivity contribution >= 4 is 53.2 Å². The lowest BCUT2D eigenvalue weighted by atomic mass is 9.87. The second-order valence-electron chi connectivity index (χ2n) is 22.6. The van der Waals surface area contributed by atoms with Crippen molar-refractivity contribution < 1.29 is 71.6 Å². The second-order valence-corrected chi connectivity index (χ2v) is 22.6. The van der Waals surface area contributed by atoms with Gasteiger partial charge in [0.25, 0.3) is 11.8 Å². The molecule has 2 bridgehead atoms. The van der Waals surface area contributed by atoms with Crippen molar-refractivity contribution in [3.05, 3.63) is 102 Å².